The maximum atomic E-state index is 13.7. The second kappa shape index (κ2) is 8.11. The molecule has 2 rings (SSSR count). The Morgan fingerprint density at radius 3 is 2.38 bits per heavy atom. The van der Waals surface area contributed by atoms with Crippen LogP contribution in [0.2, 0.25) is 5.02 Å². The predicted molar refractivity (Wildman–Crippen MR) is 95.9 cm³/mol. The molecule has 5 nitrogen and oxygen atoms in total. The van der Waals surface area contributed by atoms with Crippen LogP contribution in [-0.2, 0) is 10.0 Å². The molecule has 0 bridgehead atoms. The minimum absolute atomic E-state index is 0.0367. The third-order valence-corrected chi connectivity index (χ3v) is 6.22. The van der Waals surface area contributed by atoms with Gasteiger partial charge in [-0.3, -0.25) is 4.79 Å². The van der Waals surface area contributed by atoms with E-state index in [0.29, 0.717) is 0 Å². The van der Waals surface area contributed by atoms with Gasteiger partial charge in [-0.25, -0.2) is 17.2 Å². The van der Waals surface area contributed by atoms with Gasteiger partial charge in [-0.15, -0.1) is 0 Å². The molecule has 9 heteroatoms. The van der Waals surface area contributed by atoms with Gasteiger partial charge in [0.05, 0.1) is 10.7 Å². The Kier molecular flexibility index (Phi) is 6.33. The Hall–Kier alpha value is -2.03. The van der Waals surface area contributed by atoms with Gasteiger partial charge in [-0.2, -0.15) is 4.31 Å². The van der Waals surface area contributed by atoms with Crippen molar-refractivity contribution in [1.82, 2.24) is 4.31 Å². The van der Waals surface area contributed by atoms with E-state index in [0.717, 1.165) is 24.3 Å². The van der Waals surface area contributed by atoms with Gasteiger partial charge < -0.3 is 5.32 Å². The highest BCUT2D eigenvalue weighted by atomic mass is 35.5. The van der Waals surface area contributed by atoms with Crippen LogP contribution in [0, 0.1) is 11.6 Å². The molecule has 0 unspecified atom stereocenters. The minimum Gasteiger partial charge on any atom is -0.319 e. The third-order valence-electron chi connectivity index (χ3n) is 3.69. The fourth-order valence-corrected chi connectivity index (χ4v) is 4.29. The lowest BCUT2D eigenvalue weighted by Crippen LogP contribution is -2.31. The molecule has 2 aromatic rings. The molecule has 2 aromatic carbocycles. The number of anilines is 1. The van der Waals surface area contributed by atoms with Gasteiger partial charge in [0, 0.05) is 24.7 Å². The Morgan fingerprint density at radius 1 is 1.12 bits per heavy atom. The molecule has 0 spiro atoms. The fraction of sp³-hybridized carbons (Fsp3) is 0.235. The SMILES string of the molecule is CCN(CC)S(=O)(=O)c1cc(C(=O)Nc2cc(F)ccc2F)ccc1Cl. The van der Waals surface area contributed by atoms with Crippen molar-refractivity contribution in [1.29, 1.82) is 0 Å². The average Bonchev–Trinajstić information content (AvgIpc) is 2.59. The van der Waals surface area contributed by atoms with Crippen molar-refractivity contribution in [2.75, 3.05) is 18.4 Å². The number of carbonyl (C=O) groups excluding carboxylic acids is 1. The molecule has 0 fully saturated rings. The first kappa shape index (κ1) is 20.3. The number of amides is 1. The fourth-order valence-electron chi connectivity index (χ4n) is 2.33. The van der Waals surface area contributed by atoms with E-state index in [9.17, 15) is 22.0 Å². The van der Waals surface area contributed by atoms with Crippen molar-refractivity contribution >= 4 is 33.2 Å². The number of nitrogens with zero attached hydrogens (tertiary/aromatic N) is 1. The van der Waals surface area contributed by atoms with Crippen LogP contribution in [0.15, 0.2) is 41.3 Å². The Bertz CT molecular complexity index is 932. The van der Waals surface area contributed by atoms with Crippen LogP contribution >= 0.6 is 11.6 Å². The summed E-state index contributed by atoms with van der Waals surface area (Å²) in [5, 5.41) is 2.18. The van der Waals surface area contributed by atoms with Gasteiger partial charge in [0.15, 0.2) is 0 Å². The van der Waals surface area contributed by atoms with Gasteiger partial charge in [-0.05, 0) is 30.3 Å². The van der Waals surface area contributed by atoms with Gasteiger partial charge >= 0.3 is 0 Å². The van der Waals surface area contributed by atoms with Crippen LogP contribution in [0.5, 0.6) is 0 Å². The number of benzene rings is 2. The monoisotopic (exact) mass is 402 g/mol. The maximum absolute atomic E-state index is 13.7. The minimum atomic E-state index is -3.89. The zero-order valence-corrected chi connectivity index (χ0v) is 15.7. The van der Waals surface area contributed by atoms with E-state index in [4.69, 9.17) is 11.6 Å². The summed E-state index contributed by atoms with van der Waals surface area (Å²) in [5.74, 6) is -2.32. The summed E-state index contributed by atoms with van der Waals surface area (Å²) in [6.07, 6.45) is 0. The molecule has 0 heterocycles. The lowest BCUT2D eigenvalue weighted by atomic mass is 10.2. The van der Waals surface area contributed by atoms with Crippen LogP contribution in [-0.4, -0.2) is 31.7 Å². The molecular weight excluding hydrogens is 386 g/mol. The lowest BCUT2D eigenvalue weighted by Gasteiger charge is -2.19. The molecule has 0 aromatic heterocycles. The van der Waals surface area contributed by atoms with E-state index in [1.807, 2.05) is 0 Å². The molecule has 26 heavy (non-hydrogen) atoms. The van der Waals surface area contributed by atoms with Crippen LogP contribution < -0.4 is 5.32 Å². The summed E-state index contributed by atoms with van der Waals surface area (Å²) in [6, 6.07) is 6.31. The van der Waals surface area contributed by atoms with Crippen molar-refractivity contribution in [3.8, 4) is 0 Å². The maximum Gasteiger partial charge on any atom is 0.255 e. The first-order chi connectivity index (χ1) is 12.2. The summed E-state index contributed by atoms with van der Waals surface area (Å²) in [7, 11) is -3.89. The Balaban J connectivity index is 2.40. The molecule has 0 aliphatic heterocycles. The van der Waals surface area contributed by atoms with Crippen molar-refractivity contribution in [3.05, 3.63) is 58.6 Å². The van der Waals surface area contributed by atoms with Crippen molar-refractivity contribution in [2.24, 2.45) is 0 Å². The molecule has 0 radical (unpaired) electrons. The van der Waals surface area contributed by atoms with Crippen LogP contribution in [0.1, 0.15) is 24.2 Å². The molecule has 0 aliphatic carbocycles. The molecule has 1 amide bonds. The topological polar surface area (TPSA) is 66.5 Å². The lowest BCUT2D eigenvalue weighted by molar-refractivity contribution is 0.102. The largest absolute Gasteiger partial charge is 0.319 e. The summed E-state index contributed by atoms with van der Waals surface area (Å²) >= 11 is 6.00. The predicted octanol–water partition coefficient (Wildman–Crippen LogP) is 3.90. The van der Waals surface area contributed by atoms with E-state index < -0.39 is 27.6 Å². The summed E-state index contributed by atoms with van der Waals surface area (Å²) in [5.41, 5.74) is -0.401. The second-order valence-corrected chi connectivity index (χ2v) is 7.63. The van der Waals surface area contributed by atoms with Crippen molar-refractivity contribution in [3.63, 3.8) is 0 Å². The normalized spacial score (nSPS) is 11.6. The Labute approximate surface area is 155 Å². The van der Waals surface area contributed by atoms with Crippen LogP contribution in [0.3, 0.4) is 0 Å². The van der Waals surface area contributed by atoms with E-state index in [2.05, 4.69) is 5.32 Å². The number of nitrogens with one attached hydrogen (secondary N) is 1. The highest BCUT2D eigenvalue weighted by molar-refractivity contribution is 7.89. The summed E-state index contributed by atoms with van der Waals surface area (Å²) in [4.78, 5) is 12.1. The molecule has 0 atom stereocenters. The number of hydrogen-bond acceptors (Lipinski definition) is 3. The van der Waals surface area contributed by atoms with Crippen molar-refractivity contribution in [2.45, 2.75) is 18.7 Å². The van der Waals surface area contributed by atoms with Crippen LogP contribution in [0.25, 0.3) is 0 Å². The number of sulfonamides is 1. The zero-order valence-electron chi connectivity index (χ0n) is 14.1. The first-order valence-electron chi connectivity index (χ1n) is 7.76. The van der Waals surface area contributed by atoms with E-state index in [1.54, 1.807) is 13.8 Å². The van der Waals surface area contributed by atoms with E-state index in [-0.39, 0.29) is 34.3 Å². The van der Waals surface area contributed by atoms with Crippen LogP contribution in [0.4, 0.5) is 14.5 Å². The van der Waals surface area contributed by atoms with Gasteiger partial charge in [-0.1, -0.05) is 25.4 Å². The Morgan fingerprint density at radius 2 is 1.77 bits per heavy atom. The quantitative estimate of drug-likeness (QED) is 0.796. The molecule has 140 valence electrons. The molecule has 1 N–H and O–H groups in total. The van der Waals surface area contributed by atoms with E-state index in [1.165, 1.54) is 16.4 Å². The molecule has 0 aliphatic rings. The van der Waals surface area contributed by atoms with Gasteiger partial charge in [0.1, 0.15) is 16.5 Å². The zero-order chi connectivity index (χ0) is 19.5. The number of halogens is 3. The number of rotatable bonds is 6. The average molecular weight is 403 g/mol. The first-order valence-corrected chi connectivity index (χ1v) is 9.58. The van der Waals surface area contributed by atoms with E-state index >= 15 is 0 Å². The van der Waals surface area contributed by atoms with Crippen molar-refractivity contribution < 1.29 is 22.0 Å². The highest BCUT2D eigenvalue weighted by Gasteiger charge is 2.25. The summed E-state index contributed by atoms with van der Waals surface area (Å²) in [6.45, 7) is 3.83. The second-order valence-electron chi connectivity index (χ2n) is 5.31. The number of carbonyl (C=O) groups is 1. The molecule has 0 saturated carbocycles. The summed E-state index contributed by atoms with van der Waals surface area (Å²) < 4.78 is 53.4. The highest BCUT2D eigenvalue weighted by Crippen LogP contribution is 2.26. The van der Waals surface area contributed by atoms with Gasteiger partial charge in [0.2, 0.25) is 10.0 Å². The molecule has 0 saturated heterocycles. The smallest absolute Gasteiger partial charge is 0.255 e. The third kappa shape index (κ3) is 4.20. The number of hydrogen-bond donors (Lipinski definition) is 1. The molecular formula is C17H17ClF2N2O3S. The standard InChI is InChI=1S/C17H17ClF2N2O3S/c1-3-22(4-2)26(24,25)16-9-11(5-7-13(16)18)17(23)21-15-10-12(19)6-8-14(15)20/h5-10H,3-4H2,1-2H3,(H,21,23). The van der Waals surface area contributed by atoms with Gasteiger partial charge in [0.25, 0.3) is 5.91 Å².